The monoisotopic (exact) mass is 862 g/mol. The molecule has 0 radical (unpaired) electrons. The summed E-state index contributed by atoms with van der Waals surface area (Å²) >= 11 is 0. The third-order valence-electron chi connectivity index (χ3n) is 10.4. The number of hydrogen-bond acceptors (Lipinski definition) is 5. The molecule has 0 heterocycles. The Morgan fingerprint density at radius 1 is 0.583 bits per heavy atom. The number of nitrogens with zero attached hydrogens (tertiary/aromatic N) is 1. The number of phosphoric ester groups is 1. The molecule has 0 bridgehead atoms. The highest BCUT2D eigenvalue weighted by Gasteiger charge is 2.27. The number of unbranched alkanes of at least 4 members (excludes halogenated alkanes) is 20. The first-order valence-corrected chi connectivity index (χ1v) is 25.8. The van der Waals surface area contributed by atoms with E-state index >= 15 is 0 Å². The third kappa shape index (κ3) is 44.0. The Morgan fingerprint density at radius 2 is 1.02 bits per heavy atom. The number of aliphatic hydroxyl groups is 1. The van der Waals surface area contributed by atoms with Crippen molar-refractivity contribution in [2.45, 2.75) is 206 Å². The molecule has 0 saturated heterocycles. The molecule has 0 aromatic carbocycles. The van der Waals surface area contributed by atoms with Crippen molar-refractivity contribution in [1.82, 2.24) is 5.32 Å². The molecule has 0 aliphatic carbocycles. The fraction of sp³-hybridized carbons (Fsp3) is 0.745. The SMILES string of the molecule is CC/C=C\C/C=C\C/C=C\C/C=C\CCCCCCCCCCC(=O)NC(COP(=O)(O)OCC[N+](C)(C)C)C(O)/C=C/CC/C=C/CCCCCCCCCCCCC. The number of carbonyl (C=O) groups is 1. The lowest BCUT2D eigenvalue weighted by atomic mass is 10.1. The standard InChI is InChI=1S/C51H93N2O6P/c1-6-8-10-12-14-16-18-20-22-24-25-26-27-29-31-33-35-37-39-41-43-45-51(55)52-49(48-59-60(56,57)58-47-46-53(3,4)5)50(54)44-42-40-38-36-34-32-30-28-23-21-19-17-15-13-11-9-7-2/h8,10,14,16,20,22,25-26,34,36,42,44,49-50,54H,6-7,9,11-13,15,17-19,21,23-24,27-33,35,37-41,43,45-48H2,1-5H3,(H-,52,55,56,57)/p+1/b10-8-,16-14-,22-20-,26-25-,36-34+,44-42+. The van der Waals surface area contributed by atoms with Crippen LogP contribution >= 0.6 is 7.82 Å². The zero-order valence-electron chi connectivity index (χ0n) is 39.4. The van der Waals surface area contributed by atoms with Crippen LogP contribution in [-0.4, -0.2) is 73.4 Å². The fourth-order valence-electron chi connectivity index (χ4n) is 6.58. The molecule has 0 rings (SSSR count). The normalized spacial score (nSPS) is 14.8. The van der Waals surface area contributed by atoms with Crippen molar-refractivity contribution in [2.24, 2.45) is 0 Å². The first-order valence-electron chi connectivity index (χ1n) is 24.3. The number of hydrogen-bond donors (Lipinski definition) is 3. The molecule has 0 aromatic rings. The van der Waals surface area contributed by atoms with Gasteiger partial charge in [-0.2, -0.15) is 0 Å². The summed E-state index contributed by atoms with van der Waals surface area (Å²) in [6.45, 7) is 4.67. The van der Waals surface area contributed by atoms with E-state index in [1.54, 1.807) is 6.08 Å². The Hall–Kier alpha value is -2.06. The quantitative estimate of drug-likeness (QED) is 0.0244. The highest BCUT2D eigenvalue weighted by Crippen LogP contribution is 2.43. The molecule has 0 fully saturated rings. The van der Waals surface area contributed by atoms with E-state index in [0.29, 0.717) is 17.4 Å². The van der Waals surface area contributed by atoms with E-state index in [1.165, 1.54) is 103 Å². The fourth-order valence-corrected chi connectivity index (χ4v) is 7.31. The molecule has 0 aromatic heterocycles. The molecule has 8 nitrogen and oxygen atoms in total. The largest absolute Gasteiger partial charge is 0.472 e. The maximum Gasteiger partial charge on any atom is 0.472 e. The Balaban J connectivity index is 4.42. The Morgan fingerprint density at radius 3 is 1.53 bits per heavy atom. The van der Waals surface area contributed by atoms with Gasteiger partial charge >= 0.3 is 7.82 Å². The van der Waals surface area contributed by atoms with Gasteiger partial charge in [-0.05, 0) is 70.6 Å². The van der Waals surface area contributed by atoms with Crippen LogP contribution in [0.15, 0.2) is 72.9 Å². The summed E-state index contributed by atoms with van der Waals surface area (Å²) in [5, 5.41) is 13.8. The van der Waals surface area contributed by atoms with Gasteiger partial charge in [-0.3, -0.25) is 13.8 Å². The van der Waals surface area contributed by atoms with E-state index < -0.39 is 20.0 Å². The molecule has 60 heavy (non-hydrogen) atoms. The van der Waals surface area contributed by atoms with Gasteiger partial charge in [-0.25, -0.2) is 4.57 Å². The van der Waals surface area contributed by atoms with E-state index in [-0.39, 0.29) is 19.1 Å². The van der Waals surface area contributed by atoms with Crippen LogP contribution in [0.3, 0.4) is 0 Å². The number of quaternary nitrogens is 1. The van der Waals surface area contributed by atoms with E-state index in [0.717, 1.165) is 70.6 Å². The number of likely N-dealkylation sites (N-methyl/N-ethyl adjacent to an activating group) is 1. The molecule has 1 amide bonds. The van der Waals surface area contributed by atoms with Gasteiger partial charge in [0.05, 0.1) is 39.9 Å². The molecular formula is C51H94N2O6P+. The molecule has 9 heteroatoms. The van der Waals surface area contributed by atoms with Crippen LogP contribution in [0.4, 0.5) is 0 Å². The zero-order chi connectivity index (χ0) is 44.3. The minimum Gasteiger partial charge on any atom is -0.387 e. The summed E-state index contributed by atoms with van der Waals surface area (Å²) in [5.41, 5.74) is 0. The van der Waals surface area contributed by atoms with Crippen molar-refractivity contribution in [3.8, 4) is 0 Å². The second-order valence-electron chi connectivity index (χ2n) is 17.4. The van der Waals surface area contributed by atoms with Crippen LogP contribution in [0.5, 0.6) is 0 Å². The van der Waals surface area contributed by atoms with Gasteiger partial charge in [-0.1, -0.05) is 189 Å². The number of carbonyl (C=O) groups excluding carboxylic acids is 1. The Labute approximate surface area is 370 Å². The molecular weight excluding hydrogens is 768 g/mol. The lowest BCUT2D eigenvalue weighted by Gasteiger charge is -2.25. The first-order chi connectivity index (χ1) is 29.0. The third-order valence-corrected chi connectivity index (χ3v) is 11.4. The number of allylic oxidation sites excluding steroid dienone is 11. The zero-order valence-corrected chi connectivity index (χ0v) is 40.3. The topological polar surface area (TPSA) is 105 Å². The average molecular weight is 862 g/mol. The van der Waals surface area contributed by atoms with Crippen LogP contribution in [0.25, 0.3) is 0 Å². The molecule has 0 spiro atoms. The van der Waals surface area contributed by atoms with Crippen molar-refractivity contribution >= 4 is 13.7 Å². The van der Waals surface area contributed by atoms with Crippen molar-refractivity contribution in [1.29, 1.82) is 0 Å². The summed E-state index contributed by atoms with van der Waals surface area (Å²) in [6.07, 6.45) is 56.9. The van der Waals surface area contributed by atoms with E-state index in [9.17, 15) is 19.4 Å². The minimum absolute atomic E-state index is 0.0512. The van der Waals surface area contributed by atoms with Gasteiger partial charge in [0.2, 0.25) is 5.91 Å². The highest BCUT2D eigenvalue weighted by molar-refractivity contribution is 7.47. The average Bonchev–Trinajstić information content (AvgIpc) is 3.20. The number of nitrogens with one attached hydrogen (secondary N) is 1. The maximum atomic E-state index is 12.9. The van der Waals surface area contributed by atoms with Gasteiger partial charge < -0.3 is 19.8 Å². The second kappa shape index (κ2) is 42.3. The smallest absolute Gasteiger partial charge is 0.387 e. The van der Waals surface area contributed by atoms with Crippen molar-refractivity contribution in [3.05, 3.63) is 72.9 Å². The van der Waals surface area contributed by atoms with E-state index in [1.807, 2.05) is 27.2 Å². The summed E-state index contributed by atoms with van der Waals surface area (Å²) in [6, 6.07) is -0.871. The Bertz CT molecular complexity index is 1200. The predicted molar refractivity (Wildman–Crippen MR) is 258 cm³/mol. The molecule has 3 atom stereocenters. The van der Waals surface area contributed by atoms with Gasteiger partial charge in [-0.15, -0.1) is 0 Å². The second-order valence-corrected chi connectivity index (χ2v) is 18.9. The van der Waals surface area contributed by atoms with Crippen molar-refractivity contribution in [2.75, 3.05) is 40.9 Å². The molecule has 0 aliphatic heterocycles. The predicted octanol–water partition coefficient (Wildman–Crippen LogP) is 14.0. The summed E-state index contributed by atoms with van der Waals surface area (Å²) in [7, 11) is 1.54. The lowest BCUT2D eigenvalue weighted by molar-refractivity contribution is -0.870. The van der Waals surface area contributed by atoms with Gasteiger partial charge in [0.1, 0.15) is 13.2 Å². The number of aliphatic hydroxyl groups excluding tert-OH is 1. The van der Waals surface area contributed by atoms with Gasteiger partial charge in [0, 0.05) is 6.42 Å². The molecule has 0 saturated carbocycles. The van der Waals surface area contributed by atoms with Crippen molar-refractivity contribution in [3.63, 3.8) is 0 Å². The van der Waals surface area contributed by atoms with Crippen LogP contribution in [0.1, 0.15) is 194 Å². The lowest BCUT2D eigenvalue weighted by Crippen LogP contribution is -2.45. The minimum atomic E-state index is -4.35. The number of rotatable bonds is 43. The summed E-state index contributed by atoms with van der Waals surface area (Å²) in [4.78, 5) is 23.2. The van der Waals surface area contributed by atoms with E-state index in [2.05, 4.69) is 79.9 Å². The number of phosphoric acid groups is 1. The van der Waals surface area contributed by atoms with Crippen LogP contribution in [0, 0.1) is 0 Å². The molecule has 3 unspecified atom stereocenters. The highest BCUT2D eigenvalue weighted by atomic mass is 31.2. The first kappa shape index (κ1) is 57.9. The van der Waals surface area contributed by atoms with Crippen LogP contribution in [0.2, 0.25) is 0 Å². The van der Waals surface area contributed by atoms with Gasteiger partial charge in [0.25, 0.3) is 0 Å². The Kier molecular flexibility index (Phi) is 40.8. The summed E-state index contributed by atoms with van der Waals surface area (Å²) < 4.78 is 23.6. The molecule has 3 N–H and O–H groups in total. The van der Waals surface area contributed by atoms with Gasteiger partial charge in [0.15, 0.2) is 0 Å². The van der Waals surface area contributed by atoms with E-state index in [4.69, 9.17) is 9.05 Å². The van der Waals surface area contributed by atoms with Crippen LogP contribution < -0.4 is 5.32 Å². The maximum absolute atomic E-state index is 12.9. The molecule has 348 valence electrons. The molecule has 0 aliphatic rings. The van der Waals surface area contributed by atoms with Crippen molar-refractivity contribution < 1.29 is 32.9 Å². The number of amides is 1. The van der Waals surface area contributed by atoms with Crippen LogP contribution in [-0.2, 0) is 18.4 Å². The summed E-state index contributed by atoms with van der Waals surface area (Å²) in [5.74, 6) is -0.198.